The Morgan fingerprint density at radius 1 is 1.23 bits per heavy atom. The number of carbonyl (C=O) groups is 2. The van der Waals surface area contributed by atoms with Gasteiger partial charge in [-0.2, -0.15) is 26.0 Å². The molecular formula is C14H21F3N2O6S. The van der Waals surface area contributed by atoms with Crippen LogP contribution in [-0.4, -0.2) is 50.0 Å². The Hall–Kier alpha value is -1.40. The average Bonchev–Trinajstić information content (AvgIpc) is 2.55. The molecular weight excluding hydrogens is 381 g/mol. The Morgan fingerprint density at radius 2 is 1.77 bits per heavy atom. The van der Waals surface area contributed by atoms with E-state index in [2.05, 4.69) is 0 Å². The van der Waals surface area contributed by atoms with Gasteiger partial charge in [0.15, 0.2) is 0 Å². The van der Waals surface area contributed by atoms with Crippen LogP contribution < -0.4 is 5.84 Å². The number of nitrogens with zero attached hydrogens (tertiary/aromatic N) is 1. The number of halogens is 3. The molecule has 2 rings (SSSR count). The van der Waals surface area contributed by atoms with Crippen LogP contribution in [0.2, 0.25) is 0 Å². The molecule has 2 unspecified atom stereocenters. The zero-order valence-corrected chi connectivity index (χ0v) is 14.9. The second kappa shape index (κ2) is 7.31. The summed E-state index contributed by atoms with van der Waals surface area (Å²) in [4.78, 5) is 24.6. The molecule has 2 atom stereocenters. The quantitative estimate of drug-likeness (QED) is 0.315. The maximum Gasteiger partial charge on any atom is 0.518 e. The number of hydrogen-bond acceptors (Lipinski definition) is 7. The number of amides is 1. The molecule has 0 radical (unpaired) electrons. The van der Waals surface area contributed by atoms with Crippen molar-refractivity contribution in [1.29, 1.82) is 0 Å². The molecule has 12 heteroatoms. The Morgan fingerprint density at radius 3 is 2.23 bits per heavy atom. The van der Waals surface area contributed by atoms with E-state index in [0.717, 1.165) is 0 Å². The molecule has 2 N–H and O–H groups in total. The highest BCUT2D eigenvalue weighted by atomic mass is 32.2. The number of hydrogen-bond donors (Lipinski definition) is 1. The minimum Gasteiger partial charge on any atom is -0.465 e. The Kier molecular flexibility index (Phi) is 5.88. The van der Waals surface area contributed by atoms with Crippen LogP contribution >= 0.6 is 0 Å². The van der Waals surface area contributed by atoms with Gasteiger partial charge in [0.05, 0.1) is 25.0 Å². The molecule has 2 aliphatic rings. The molecule has 0 aromatic carbocycles. The van der Waals surface area contributed by atoms with E-state index in [9.17, 15) is 31.2 Å². The van der Waals surface area contributed by atoms with Gasteiger partial charge in [0, 0.05) is 5.41 Å². The highest BCUT2D eigenvalue weighted by molar-refractivity contribution is 7.90. The molecule has 1 saturated heterocycles. The fraction of sp³-hybridized carbons (Fsp3) is 0.857. The van der Waals surface area contributed by atoms with Crippen LogP contribution in [-0.2, 0) is 29.1 Å². The third-order valence-electron chi connectivity index (χ3n) is 4.62. The van der Waals surface area contributed by atoms with Crippen molar-refractivity contribution in [2.75, 3.05) is 19.8 Å². The first-order valence-electron chi connectivity index (χ1n) is 8.04. The fourth-order valence-corrected chi connectivity index (χ4v) is 3.58. The zero-order chi connectivity index (χ0) is 19.8. The Labute approximate surface area is 148 Å². The van der Waals surface area contributed by atoms with E-state index < -0.39 is 43.7 Å². The Bertz CT molecular complexity index is 662. The van der Waals surface area contributed by atoms with E-state index in [1.807, 2.05) is 6.92 Å². The minimum absolute atomic E-state index is 0.0520. The number of hydrazine groups is 1. The van der Waals surface area contributed by atoms with Gasteiger partial charge in [-0.05, 0) is 12.8 Å². The zero-order valence-electron chi connectivity index (χ0n) is 14.1. The number of ether oxygens (including phenoxy) is 2. The highest BCUT2D eigenvalue weighted by Gasteiger charge is 2.53. The van der Waals surface area contributed by atoms with E-state index in [-0.39, 0.29) is 24.9 Å². The summed E-state index contributed by atoms with van der Waals surface area (Å²) in [5, 5.41) is 0. The van der Waals surface area contributed by atoms with Gasteiger partial charge in [0.1, 0.15) is 6.61 Å². The summed E-state index contributed by atoms with van der Waals surface area (Å²) in [6.45, 7) is 2.71. The standard InChI is InChI=1S/C14H21F3N2O6S/c1-13(6-24-7-13)8-25-12(21)10-5-3-2-4-9(10)11(20)19(18)26(22,23)14(15,16)17/h9-10H,2-8,18H2,1H3. The molecule has 0 bridgehead atoms. The molecule has 0 aromatic rings. The molecule has 1 heterocycles. The van der Waals surface area contributed by atoms with Crippen LogP contribution in [0.3, 0.4) is 0 Å². The molecule has 0 aromatic heterocycles. The van der Waals surface area contributed by atoms with Crippen LogP contribution in [0.1, 0.15) is 32.6 Å². The van der Waals surface area contributed by atoms with Crippen LogP contribution in [0, 0.1) is 17.3 Å². The van der Waals surface area contributed by atoms with Crippen molar-refractivity contribution >= 4 is 21.9 Å². The van der Waals surface area contributed by atoms with E-state index in [4.69, 9.17) is 15.3 Å². The summed E-state index contributed by atoms with van der Waals surface area (Å²) in [5.74, 6) is 0.451. The molecule has 8 nitrogen and oxygen atoms in total. The normalized spacial score (nSPS) is 25.9. The van der Waals surface area contributed by atoms with Crippen LogP contribution in [0.15, 0.2) is 0 Å². The summed E-state index contributed by atoms with van der Waals surface area (Å²) >= 11 is 0. The Balaban J connectivity index is 2.09. The van der Waals surface area contributed by atoms with Crippen molar-refractivity contribution in [1.82, 2.24) is 4.41 Å². The second-order valence-electron chi connectivity index (χ2n) is 6.99. The topological polar surface area (TPSA) is 116 Å². The predicted molar refractivity (Wildman–Crippen MR) is 81.3 cm³/mol. The van der Waals surface area contributed by atoms with Crippen molar-refractivity contribution in [3.8, 4) is 0 Å². The first-order chi connectivity index (χ1) is 11.9. The lowest BCUT2D eigenvalue weighted by atomic mass is 9.78. The van der Waals surface area contributed by atoms with Gasteiger partial charge in [-0.1, -0.05) is 19.8 Å². The summed E-state index contributed by atoms with van der Waals surface area (Å²) in [6.07, 6.45) is 1.30. The molecule has 0 spiro atoms. The number of esters is 1. The number of alkyl halides is 3. The maximum atomic E-state index is 12.6. The summed E-state index contributed by atoms with van der Waals surface area (Å²) in [6, 6.07) is 0. The summed E-state index contributed by atoms with van der Waals surface area (Å²) in [5.41, 5.74) is -6.04. The van der Waals surface area contributed by atoms with Gasteiger partial charge in [-0.15, -0.1) is 0 Å². The average molecular weight is 402 g/mol. The van der Waals surface area contributed by atoms with Crippen LogP contribution in [0.5, 0.6) is 0 Å². The van der Waals surface area contributed by atoms with Gasteiger partial charge >= 0.3 is 21.5 Å². The summed E-state index contributed by atoms with van der Waals surface area (Å²) in [7, 11) is -6.01. The van der Waals surface area contributed by atoms with Crippen LogP contribution in [0.4, 0.5) is 13.2 Å². The molecule has 2 fully saturated rings. The van der Waals surface area contributed by atoms with E-state index in [1.54, 1.807) is 0 Å². The SMILES string of the molecule is CC1(COC(=O)C2CCCCC2C(=O)N(N)S(=O)(=O)C(F)(F)F)COC1. The lowest BCUT2D eigenvalue weighted by molar-refractivity contribution is -0.173. The first kappa shape index (κ1) is 20.9. The molecule has 26 heavy (non-hydrogen) atoms. The van der Waals surface area contributed by atoms with Crippen LogP contribution in [0.25, 0.3) is 0 Å². The molecule has 1 aliphatic heterocycles. The van der Waals surface area contributed by atoms with Crippen molar-refractivity contribution in [3.63, 3.8) is 0 Å². The van der Waals surface area contributed by atoms with Gasteiger partial charge in [-0.25, -0.2) is 5.84 Å². The van der Waals surface area contributed by atoms with Gasteiger partial charge in [0.2, 0.25) is 0 Å². The first-order valence-corrected chi connectivity index (χ1v) is 9.48. The van der Waals surface area contributed by atoms with E-state index in [0.29, 0.717) is 26.1 Å². The third kappa shape index (κ3) is 4.12. The number of nitrogens with two attached hydrogens (primary N) is 1. The molecule has 1 saturated carbocycles. The van der Waals surface area contributed by atoms with Gasteiger partial charge in [0.25, 0.3) is 5.91 Å². The van der Waals surface area contributed by atoms with E-state index >= 15 is 0 Å². The number of rotatable bonds is 5. The largest absolute Gasteiger partial charge is 0.518 e. The van der Waals surface area contributed by atoms with Gasteiger partial charge < -0.3 is 9.47 Å². The smallest absolute Gasteiger partial charge is 0.465 e. The molecule has 1 aliphatic carbocycles. The van der Waals surface area contributed by atoms with E-state index in [1.165, 1.54) is 0 Å². The minimum atomic E-state index is -6.01. The summed E-state index contributed by atoms with van der Waals surface area (Å²) < 4.78 is 69.9. The van der Waals surface area contributed by atoms with Crippen molar-refractivity contribution in [3.05, 3.63) is 0 Å². The van der Waals surface area contributed by atoms with Crippen molar-refractivity contribution in [2.24, 2.45) is 23.1 Å². The fourth-order valence-electron chi connectivity index (χ4n) is 2.99. The van der Waals surface area contributed by atoms with Gasteiger partial charge in [-0.3, -0.25) is 9.59 Å². The molecule has 150 valence electrons. The van der Waals surface area contributed by atoms with Crippen molar-refractivity contribution < 1.29 is 40.7 Å². The highest BCUT2D eigenvalue weighted by Crippen LogP contribution is 2.35. The van der Waals surface area contributed by atoms with Crippen molar-refractivity contribution in [2.45, 2.75) is 38.1 Å². The molecule has 1 amide bonds. The number of sulfonamides is 1. The lowest BCUT2D eigenvalue weighted by Gasteiger charge is -2.38. The lowest BCUT2D eigenvalue weighted by Crippen LogP contribution is -2.53. The second-order valence-corrected chi connectivity index (χ2v) is 8.80. The predicted octanol–water partition coefficient (Wildman–Crippen LogP) is 0.924. The third-order valence-corrected chi connectivity index (χ3v) is 5.90. The maximum absolute atomic E-state index is 12.6. The monoisotopic (exact) mass is 402 g/mol. The number of carbonyl (C=O) groups excluding carboxylic acids is 2.